The van der Waals surface area contributed by atoms with E-state index in [1.807, 2.05) is 6.92 Å². The third-order valence-electron chi connectivity index (χ3n) is 3.73. The lowest BCUT2D eigenvalue weighted by atomic mass is 10.2. The molecule has 0 spiro atoms. The fourth-order valence-corrected chi connectivity index (χ4v) is 2.43. The molecule has 27 heavy (non-hydrogen) atoms. The Morgan fingerprint density at radius 2 is 1.96 bits per heavy atom. The maximum atomic E-state index is 13.0. The molecule has 0 saturated carbocycles. The molecule has 0 fully saturated rings. The Bertz CT molecular complexity index is 936. The summed E-state index contributed by atoms with van der Waals surface area (Å²) in [6, 6.07) is 7.92. The van der Waals surface area contributed by atoms with Crippen LogP contribution in [0.4, 0.5) is 24.7 Å². The molecule has 0 radical (unpaired) electrons. The Morgan fingerprint density at radius 3 is 2.63 bits per heavy atom. The van der Waals surface area contributed by atoms with Crippen LogP contribution in [-0.2, 0) is 17.5 Å². The van der Waals surface area contributed by atoms with Gasteiger partial charge in [-0.1, -0.05) is 19.1 Å². The summed E-state index contributed by atoms with van der Waals surface area (Å²) < 4.78 is 40.2. The standard InChI is InChI=1S/C17H17F3N6O/c1-2-3-15(27)24-12-6-4-11(5-7-12)9-21-14-8-13(17(18,19)20)25-16-22-10-23-26(14)16/h4-8,10,21H,2-3,9H2,1H3,(H,24,27). The highest BCUT2D eigenvalue weighted by Gasteiger charge is 2.34. The number of nitrogens with zero attached hydrogens (tertiary/aromatic N) is 4. The van der Waals surface area contributed by atoms with Gasteiger partial charge in [-0.25, -0.2) is 4.98 Å². The molecule has 0 unspecified atom stereocenters. The number of anilines is 2. The smallest absolute Gasteiger partial charge is 0.366 e. The van der Waals surface area contributed by atoms with Crippen LogP contribution in [0, 0.1) is 0 Å². The Kier molecular flexibility index (Phi) is 5.24. The molecular weight excluding hydrogens is 361 g/mol. The number of hydrogen-bond donors (Lipinski definition) is 2. The van der Waals surface area contributed by atoms with Crippen molar-refractivity contribution < 1.29 is 18.0 Å². The van der Waals surface area contributed by atoms with Crippen LogP contribution >= 0.6 is 0 Å². The molecule has 2 N–H and O–H groups in total. The number of aromatic nitrogens is 4. The Labute approximate surface area is 152 Å². The van der Waals surface area contributed by atoms with Crippen molar-refractivity contribution in [2.24, 2.45) is 0 Å². The van der Waals surface area contributed by atoms with Crippen molar-refractivity contribution in [2.45, 2.75) is 32.5 Å². The van der Waals surface area contributed by atoms with Crippen molar-refractivity contribution >= 4 is 23.2 Å². The van der Waals surface area contributed by atoms with E-state index in [2.05, 4.69) is 25.7 Å². The van der Waals surface area contributed by atoms with Gasteiger partial charge in [0.15, 0.2) is 5.69 Å². The molecule has 2 heterocycles. The van der Waals surface area contributed by atoms with Gasteiger partial charge in [-0.2, -0.15) is 27.8 Å². The van der Waals surface area contributed by atoms with Gasteiger partial charge in [0.1, 0.15) is 12.1 Å². The quantitative estimate of drug-likeness (QED) is 0.686. The summed E-state index contributed by atoms with van der Waals surface area (Å²) in [5.41, 5.74) is 0.445. The average Bonchev–Trinajstić information content (AvgIpc) is 3.09. The first-order valence-electron chi connectivity index (χ1n) is 8.27. The van der Waals surface area contributed by atoms with Crippen LogP contribution in [-0.4, -0.2) is 25.5 Å². The summed E-state index contributed by atoms with van der Waals surface area (Å²) in [5.74, 6) is -0.0696. The Morgan fingerprint density at radius 1 is 1.22 bits per heavy atom. The summed E-state index contributed by atoms with van der Waals surface area (Å²) in [5, 5.41) is 9.57. The van der Waals surface area contributed by atoms with Gasteiger partial charge < -0.3 is 10.6 Å². The van der Waals surface area contributed by atoms with Crippen molar-refractivity contribution in [3.63, 3.8) is 0 Å². The first-order valence-corrected chi connectivity index (χ1v) is 8.27. The van der Waals surface area contributed by atoms with Crippen molar-refractivity contribution in [1.29, 1.82) is 0 Å². The van der Waals surface area contributed by atoms with Gasteiger partial charge in [-0.05, 0) is 24.1 Å². The molecule has 1 aromatic carbocycles. The first-order chi connectivity index (χ1) is 12.9. The molecule has 0 aliphatic heterocycles. The normalized spacial score (nSPS) is 11.6. The van der Waals surface area contributed by atoms with Crippen LogP contribution in [0.15, 0.2) is 36.7 Å². The minimum Gasteiger partial charge on any atom is -0.366 e. The third kappa shape index (κ3) is 4.52. The minimum absolute atomic E-state index is 0.0617. The first kappa shape index (κ1) is 18.6. The minimum atomic E-state index is -4.58. The van der Waals surface area contributed by atoms with Crippen molar-refractivity contribution in [2.75, 3.05) is 10.6 Å². The molecule has 2 aromatic heterocycles. The van der Waals surface area contributed by atoms with Crippen LogP contribution in [0.3, 0.4) is 0 Å². The molecule has 7 nitrogen and oxygen atoms in total. The van der Waals surface area contributed by atoms with E-state index in [4.69, 9.17) is 0 Å². The number of alkyl halides is 3. The maximum Gasteiger partial charge on any atom is 0.433 e. The fourth-order valence-electron chi connectivity index (χ4n) is 2.43. The van der Waals surface area contributed by atoms with E-state index in [-0.39, 0.29) is 24.0 Å². The number of fused-ring (bicyclic) bond motifs is 1. The van der Waals surface area contributed by atoms with Gasteiger partial charge in [-0.15, -0.1) is 0 Å². The van der Waals surface area contributed by atoms with Crippen LogP contribution in [0.25, 0.3) is 5.78 Å². The molecule has 3 rings (SSSR count). The third-order valence-corrected chi connectivity index (χ3v) is 3.73. The number of carbonyl (C=O) groups is 1. The summed E-state index contributed by atoms with van der Waals surface area (Å²) in [7, 11) is 0. The summed E-state index contributed by atoms with van der Waals surface area (Å²) in [6.07, 6.45) is -2.23. The number of nitrogens with one attached hydrogen (secondary N) is 2. The van der Waals surface area contributed by atoms with E-state index in [0.717, 1.165) is 24.4 Å². The van der Waals surface area contributed by atoms with E-state index in [0.29, 0.717) is 12.1 Å². The zero-order chi connectivity index (χ0) is 19.4. The van der Waals surface area contributed by atoms with E-state index < -0.39 is 11.9 Å². The van der Waals surface area contributed by atoms with E-state index >= 15 is 0 Å². The highest BCUT2D eigenvalue weighted by atomic mass is 19.4. The maximum absolute atomic E-state index is 13.0. The summed E-state index contributed by atoms with van der Waals surface area (Å²) in [4.78, 5) is 18.8. The topological polar surface area (TPSA) is 84.2 Å². The molecule has 1 amide bonds. The molecule has 3 aromatic rings. The molecule has 142 valence electrons. The predicted octanol–water partition coefficient (Wildman–Crippen LogP) is 3.49. The van der Waals surface area contributed by atoms with Gasteiger partial charge in [0.2, 0.25) is 5.91 Å². The largest absolute Gasteiger partial charge is 0.433 e. The highest BCUT2D eigenvalue weighted by Crippen LogP contribution is 2.29. The molecule has 0 aliphatic rings. The second-order valence-corrected chi connectivity index (χ2v) is 5.84. The Balaban J connectivity index is 1.73. The zero-order valence-electron chi connectivity index (χ0n) is 14.4. The van der Waals surface area contributed by atoms with Crippen LogP contribution in [0.1, 0.15) is 31.0 Å². The van der Waals surface area contributed by atoms with Gasteiger partial charge in [0, 0.05) is 24.7 Å². The number of benzene rings is 1. The second-order valence-electron chi connectivity index (χ2n) is 5.84. The van der Waals surface area contributed by atoms with Crippen molar-refractivity contribution in [1.82, 2.24) is 19.6 Å². The highest BCUT2D eigenvalue weighted by molar-refractivity contribution is 5.90. The summed E-state index contributed by atoms with van der Waals surface area (Å²) in [6.45, 7) is 2.18. The number of amides is 1. The lowest BCUT2D eigenvalue weighted by Crippen LogP contribution is -2.13. The lowest BCUT2D eigenvalue weighted by Gasteiger charge is -2.12. The Hall–Kier alpha value is -3.17. The van der Waals surface area contributed by atoms with E-state index in [9.17, 15) is 18.0 Å². The van der Waals surface area contributed by atoms with Gasteiger partial charge in [0.25, 0.3) is 5.78 Å². The monoisotopic (exact) mass is 378 g/mol. The van der Waals surface area contributed by atoms with Gasteiger partial charge in [-0.3, -0.25) is 4.79 Å². The fraction of sp³-hybridized carbons (Fsp3) is 0.294. The van der Waals surface area contributed by atoms with Crippen molar-refractivity contribution in [3.05, 3.63) is 47.9 Å². The predicted molar refractivity (Wildman–Crippen MR) is 93.1 cm³/mol. The number of carbonyl (C=O) groups excluding carboxylic acids is 1. The van der Waals surface area contributed by atoms with Crippen LogP contribution in [0.5, 0.6) is 0 Å². The molecule has 10 heteroatoms. The number of halogens is 3. The van der Waals surface area contributed by atoms with Crippen LogP contribution in [0.2, 0.25) is 0 Å². The molecule has 0 aliphatic carbocycles. The number of hydrogen-bond acceptors (Lipinski definition) is 5. The van der Waals surface area contributed by atoms with Gasteiger partial charge in [0.05, 0.1) is 0 Å². The SMILES string of the molecule is CCCC(=O)Nc1ccc(CNc2cc(C(F)(F)F)nc3ncnn23)cc1. The zero-order valence-corrected chi connectivity index (χ0v) is 14.4. The van der Waals surface area contributed by atoms with Gasteiger partial charge >= 0.3 is 6.18 Å². The van der Waals surface area contributed by atoms with E-state index in [1.54, 1.807) is 24.3 Å². The lowest BCUT2D eigenvalue weighted by molar-refractivity contribution is -0.141. The average molecular weight is 378 g/mol. The molecule has 0 saturated heterocycles. The van der Waals surface area contributed by atoms with Crippen molar-refractivity contribution in [3.8, 4) is 0 Å². The van der Waals surface area contributed by atoms with E-state index in [1.165, 1.54) is 4.52 Å². The molecule has 0 bridgehead atoms. The van der Waals surface area contributed by atoms with Crippen LogP contribution < -0.4 is 10.6 Å². The summed E-state index contributed by atoms with van der Waals surface area (Å²) >= 11 is 0. The number of rotatable bonds is 6. The molecule has 0 atom stereocenters. The second kappa shape index (κ2) is 7.60. The molecular formula is C17H17F3N6O.